The van der Waals surface area contributed by atoms with Crippen LogP contribution in [0.2, 0.25) is 5.02 Å². The Morgan fingerprint density at radius 1 is 1.32 bits per heavy atom. The molecule has 7 heteroatoms. The highest BCUT2D eigenvalue weighted by Gasteiger charge is 2.14. The van der Waals surface area contributed by atoms with Crippen LogP contribution in [0.3, 0.4) is 0 Å². The summed E-state index contributed by atoms with van der Waals surface area (Å²) in [6.45, 7) is 2.11. The molecule has 1 unspecified atom stereocenters. The van der Waals surface area contributed by atoms with E-state index in [1.165, 1.54) is 6.42 Å². The van der Waals surface area contributed by atoms with Gasteiger partial charge in [0.2, 0.25) is 5.91 Å². The van der Waals surface area contributed by atoms with Gasteiger partial charge in [-0.25, -0.2) is 4.99 Å². The standard InChI is InChI=1S/C18H27ClN4O2/c1-23(2)17(24)13-22-18(21-12-15-8-5-6-10-25-15)20-11-14-7-3-4-9-16(14)19/h3-4,7,9,15H,5-6,8,10-13H2,1-2H3,(H2,20,21,22). The molecule has 6 nitrogen and oxygen atoms in total. The Kier molecular flexibility index (Phi) is 8.01. The lowest BCUT2D eigenvalue weighted by molar-refractivity contribution is -0.127. The molecule has 0 spiro atoms. The number of amides is 1. The number of guanidine groups is 1. The third-order valence-corrected chi connectivity index (χ3v) is 4.41. The van der Waals surface area contributed by atoms with Crippen LogP contribution in [-0.4, -0.2) is 56.7 Å². The number of nitrogens with one attached hydrogen (secondary N) is 2. The number of hydrogen-bond donors (Lipinski definition) is 2. The lowest BCUT2D eigenvalue weighted by atomic mass is 10.1. The number of likely N-dealkylation sites (N-methyl/N-ethyl adjacent to an activating group) is 1. The maximum absolute atomic E-state index is 11.8. The molecule has 2 rings (SSSR count). The van der Waals surface area contributed by atoms with E-state index in [9.17, 15) is 4.79 Å². The first-order valence-corrected chi connectivity index (χ1v) is 9.01. The van der Waals surface area contributed by atoms with E-state index >= 15 is 0 Å². The fourth-order valence-corrected chi connectivity index (χ4v) is 2.66. The Morgan fingerprint density at radius 2 is 2.12 bits per heavy atom. The SMILES string of the molecule is CN(C)C(=O)CNC(=NCc1ccccc1Cl)NCC1CCCCO1. The fraction of sp³-hybridized carbons (Fsp3) is 0.556. The van der Waals surface area contributed by atoms with E-state index < -0.39 is 0 Å². The summed E-state index contributed by atoms with van der Waals surface area (Å²) in [6.07, 6.45) is 3.54. The zero-order chi connectivity index (χ0) is 18.1. The Hall–Kier alpha value is -1.79. The smallest absolute Gasteiger partial charge is 0.241 e. The van der Waals surface area contributed by atoms with Gasteiger partial charge in [0, 0.05) is 32.3 Å². The lowest BCUT2D eigenvalue weighted by Gasteiger charge is -2.24. The molecule has 0 bridgehead atoms. The van der Waals surface area contributed by atoms with Crippen LogP contribution in [0.1, 0.15) is 24.8 Å². The molecule has 0 aromatic heterocycles. The van der Waals surface area contributed by atoms with E-state index in [1.807, 2.05) is 24.3 Å². The minimum Gasteiger partial charge on any atom is -0.376 e. The van der Waals surface area contributed by atoms with Gasteiger partial charge < -0.3 is 20.3 Å². The molecule has 1 amide bonds. The fourth-order valence-electron chi connectivity index (χ4n) is 2.46. The molecule has 0 radical (unpaired) electrons. The highest BCUT2D eigenvalue weighted by molar-refractivity contribution is 6.31. The lowest BCUT2D eigenvalue weighted by Crippen LogP contribution is -2.45. The van der Waals surface area contributed by atoms with Gasteiger partial charge in [-0.2, -0.15) is 0 Å². The molecule has 2 N–H and O–H groups in total. The molecule has 1 atom stereocenters. The zero-order valence-electron chi connectivity index (χ0n) is 14.9. The molecule has 1 saturated heterocycles. The van der Waals surface area contributed by atoms with Gasteiger partial charge >= 0.3 is 0 Å². The third kappa shape index (κ3) is 6.92. The van der Waals surface area contributed by atoms with E-state index in [0.717, 1.165) is 25.0 Å². The van der Waals surface area contributed by atoms with Gasteiger partial charge in [-0.1, -0.05) is 29.8 Å². The summed E-state index contributed by atoms with van der Waals surface area (Å²) in [5.74, 6) is 0.574. The highest BCUT2D eigenvalue weighted by atomic mass is 35.5. The second-order valence-corrected chi connectivity index (χ2v) is 6.67. The number of hydrogen-bond acceptors (Lipinski definition) is 3. The van der Waals surface area contributed by atoms with Gasteiger partial charge in [-0.15, -0.1) is 0 Å². The van der Waals surface area contributed by atoms with E-state index in [2.05, 4.69) is 15.6 Å². The summed E-state index contributed by atoms with van der Waals surface area (Å²) in [7, 11) is 3.46. The summed E-state index contributed by atoms with van der Waals surface area (Å²) in [6, 6.07) is 7.61. The van der Waals surface area contributed by atoms with Crippen molar-refractivity contribution in [3.63, 3.8) is 0 Å². The molecule has 1 aliphatic rings. The molecule has 0 saturated carbocycles. The van der Waals surface area contributed by atoms with Crippen LogP contribution < -0.4 is 10.6 Å². The maximum atomic E-state index is 11.8. The topological polar surface area (TPSA) is 66.0 Å². The quantitative estimate of drug-likeness (QED) is 0.597. The number of ether oxygens (including phenoxy) is 1. The van der Waals surface area contributed by atoms with Crippen LogP contribution in [0.15, 0.2) is 29.3 Å². The van der Waals surface area contributed by atoms with Crippen molar-refractivity contribution in [1.82, 2.24) is 15.5 Å². The Morgan fingerprint density at radius 3 is 2.80 bits per heavy atom. The van der Waals surface area contributed by atoms with E-state index in [-0.39, 0.29) is 18.6 Å². The molecular formula is C18H27ClN4O2. The first-order valence-electron chi connectivity index (χ1n) is 8.63. The van der Waals surface area contributed by atoms with Crippen molar-refractivity contribution in [2.75, 3.05) is 33.8 Å². The first kappa shape index (κ1) is 19.5. The van der Waals surface area contributed by atoms with E-state index in [1.54, 1.807) is 19.0 Å². The summed E-state index contributed by atoms with van der Waals surface area (Å²) in [4.78, 5) is 17.9. The Balaban J connectivity index is 1.95. The highest BCUT2D eigenvalue weighted by Crippen LogP contribution is 2.15. The number of carbonyl (C=O) groups is 1. The Labute approximate surface area is 154 Å². The molecule has 1 fully saturated rings. The number of rotatable bonds is 6. The molecule has 0 aliphatic carbocycles. The second kappa shape index (κ2) is 10.3. The molecule has 1 aromatic carbocycles. The second-order valence-electron chi connectivity index (χ2n) is 6.27. The summed E-state index contributed by atoms with van der Waals surface area (Å²) in [5, 5.41) is 7.04. The zero-order valence-corrected chi connectivity index (χ0v) is 15.7. The van der Waals surface area contributed by atoms with E-state index in [0.29, 0.717) is 24.1 Å². The molecule has 1 aliphatic heterocycles. The van der Waals surface area contributed by atoms with Crippen molar-refractivity contribution in [3.8, 4) is 0 Å². The number of halogens is 1. The number of aliphatic imine (C=N–C) groups is 1. The van der Waals surface area contributed by atoms with Gasteiger partial charge in [0.1, 0.15) is 0 Å². The number of nitrogens with zero attached hydrogens (tertiary/aromatic N) is 2. The van der Waals surface area contributed by atoms with Crippen LogP contribution in [0, 0.1) is 0 Å². The van der Waals surface area contributed by atoms with Gasteiger partial charge in [-0.3, -0.25) is 4.79 Å². The van der Waals surface area contributed by atoms with Crippen molar-refractivity contribution in [2.24, 2.45) is 4.99 Å². The normalized spacial score (nSPS) is 17.9. The summed E-state index contributed by atoms with van der Waals surface area (Å²) >= 11 is 6.18. The first-order chi connectivity index (χ1) is 12.1. The maximum Gasteiger partial charge on any atom is 0.241 e. The van der Waals surface area contributed by atoms with Gasteiger partial charge in [-0.05, 0) is 30.9 Å². The number of benzene rings is 1. The minimum absolute atomic E-state index is 0.0128. The van der Waals surface area contributed by atoms with Crippen LogP contribution in [0.5, 0.6) is 0 Å². The van der Waals surface area contributed by atoms with Crippen molar-refractivity contribution < 1.29 is 9.53 Å². The molecular weight excluding hydrogens is 340 g/mol. The monoisotopic (exact) mass is 366 g/mol. The largest absolute Gasteiger partial charge is 0.376 e. The Bertz CT molecular complexity index is 586. The third-order valence-electron chi connectivity index (χ3n) is 4.04. The van der Waals surface area contributed by atoms with Crippen LogP contribution >= 0.6 is 11.6 Å². The van der Waals surface area contributed by atoms with E-state index in [4.69, 9.17) is 16.3 Å². The molecule has 1 aromatic rings. The van der Waals surface area contributed by atoms with Gasteiger partial charge in [0.25, 0.3) is 0 Å². The average molecular weight is 367 g/mol. The van der Waals surface area contributed by atoms with Crippen LogP contribution in [-0.2, 0) is 16.1 Å². The van der Waals surface area contributed by atoms with Crippen molar-refractivity contribution in [3.05, 3.63) is 34.9 Å². The summed E-state index contributed by atoms with van der Waals surface area (Å²) in [5.41, 5.74) is 0.943. The molecule has 138 valence electrons. The minimum atomic E-state index is -0.0128. The van der Waals surface area contributed by atoms with Gasteiger partial charge in [0.15, 0.2) is 5.96 Å². The van der Waals surface area contributed by atoms with Gasteiger partial charge in [0.05, 0.1) is 19.2 Å². The van der Waals surface area contributed by atoms with Crippen molar-refractivity contribution >= 4 is 23.5 Å². The van der Waals surface area contributed by atoms with Crippen LogP contribution in [0.25, 0.3) is 0 Å². The number of carbonyl (C=O) groups excluding carboxylic acids is 1. The average Bonchev–Trinajstić information content (AvgIpc) is 2.62. The molecule has 1 heterocycles. The molecule has 25 heavy (non-hydrogen) atoms. The van der Waals surface area contributed by atoms with Crippen molar-refractivity contribution in [2.45, 2.75) is 31.9 Å². The predicted molar refractivity (Wildman–Crippen MR) is 101 cm³/mol. The summed E-state index contributed by atoms with van der Waals surface area (Å²) < 4.78 is 5.73. The van der Waals surface area contributed by atoms with Crippen molar-refractivity contribution in [1.29, 1.82) is 0 Å². The predicted octanol–water partition coefficient (Wildman–Crippen LogP) is 2.03. The van der Waals surface area contributed by atoms with Crippen LogP contribution in [0.4, 0.5) is 0 Å².